The van der Waals surface area contributed by atoms with Gasteiger partial charge in [0.05, 0.1) is 5.56 Å². The summed E-state index contributed by atoms with van der Waals surface area (Å²) in [6.07, 6.45) is 0. The normalized spacial score (nSPS) is 11.4. The predicted molar refractivity (Wildman–Crippen MR) is 70.9 cm³/mol. The van der Waals surface area contributed by atoms with E-state index >= 15 is 0 Å². The van der Waals surface area contributed by atoms with Gasteiger partial charge in [0, 0.05) is 4.47 Å². The summed E-state index contributed by atoms with van der Waals surface area (Å²) in [5.41, 5.74) is -0.786. The summed E-state index contributed by atoms with van der Waals surface area (Å²) in [5.74, 6) is -2.82. The van der Waals surface area contributed by atoms with E-state index in [1.807, 2.05) is 4.72 Å². The predicted octanol–water partition coefficient (Wildman–Crippen LogP) is 1.78. The number of nitrogens with one attached hydrogen (secondary N) is 1. The van der Waals surface area contributed by atoms with E-state index in [2.05, 4.69) is 30.6 Å². The second-order valence-electron chi connectivity index (χ2n) is 3.82. The fraction of sp³-hybridized carbons (Fsp3) is 0.100. The molecule has 0 unspecified atom stereocenters. The van der Waals surface area contributed by atoms with Gasteiger partial charge in [0.15, 0.2) is 11.6 Å². The van der Waals surface area contributed by atoms with Gasteiger partial charge in [-0.3, -0.25) is 0 Å². The van der Waals surface area contributed by atoms with Gasteiger partial charge in [-0.25, -0.2) is 22.3 Å². The summed E-state index contributed by atoms with van der Waals surface area (Å²) in [6, 6.07) is 1.42. The van der Waals surface area contributed by atoms with Crippen LogP contribution in [0.2, 0.25) is 0 Å². The highest BCUT2D eigenvalue weighted by atomic mass is 79.9. The van der Waals surface area contributed by atoms with E-state index in [0.29, 0.717) is 0 Å². The van der Waals surface area contributed by atoms with Gasteiger partial charge >= 0.3 is 12.0 Å². The minimum atomic E-state index is -4.42. The van der Waals surface area contributed by atoms with Gasteiger partial charge in [-0.15, -0.1) is 0 Å². The Hall–Kier alpha value is -2.01. The van der Waals surface area contributed by atoms with Gasteiger partial charge in [-0.05, 0) is 19.1 Å². The first-order chi connectivity index (χ1) is 9.70. The number of aryl methyl sites for hydroxylation is 1. The van der Waals surface area contributed by atoms with Crippen LogP contribution in [0.25, 0.3) is 0 Å². The number of carboxylic acids is 1. The van der Waals surface area contributed by atoms with Gasteiger partial charge in [0.25, 0.3) is 10.0 Å². The third kappa shape index (κ3) is 3.19. The molecule has 2 aromatic rings. The molecule has 0 aliphatic rings. The topological polar surface area (TPSA) is 122 Å². The Bertz CT molecular complexity index is 820. The monoisotopic (exact) mass is 379 g/mol. The van der Waals surface area contributed by atoms with Crippen molar-refractivity contribution in [2.24, 2.45) is 0 Å². The number of benzene rings is 1. The Kier molecular flexibility index (Phi) is 3.96. The maximum Gasteiger partial charge on any atom is 0.338 e. The molecular weight excluding hydrogens is 373 g/mol. The highest BCUT2D eigenvalue weighted by molar-refractivity contribution is 9.10. The zero-order valence-electron chi connectivity index (χ0n) is 10.3. The second kappa shape index (κ2) is 5.41. The van der Waals surface area contributed by atoms with Crippen LogP contribution in [-0.2, 0) is 10.0 Å². The van der Waals surface area contributed by atoms with E-state index in [9.17, 15) is 17.6 Å². The van der Waals surface area contributed by atoms with E-state index in [0.717, 1.165) is 12.1 Å². The molecule has 2 rings (SSSR count). The van der Waals surface area contributed by atoms with Crippen molar-refractivity contribution in [3.05, 3.63) is 33.8 Å². The number of carbonyl (C=O) groups is 1. The number of rotatable bonds is 4. The number of aromatic nitrogens is 2. The number of aromatic carboxylic acids is 1. The van der Waals surface area contributed by atoms with E-state index in [1.165, 1.54) is 6.92 Å². The van der Waals surface area contributed by atoms with Crippen LogP contribution in [0.15, 0.2) is 26.0 Å². The van der Waals surface area contributed by atoms with E-state index < -0.39 is 38.3 Å². The first kappa shape index (κ1) is 15.4. The Labute approximate surface area is 126 Å². The number of sulfonamides is 1. The van der Waals surface area contributed by atoms with E-state index in [-0.39, 0.29) is 10.3 Å². The molecule has 0 amide bonds. The highest BCUT2D eigenvalue weighted by Crippen LogP contribution is 2.25. The van der Waals surface area contributed by atoms with Crippen LogP contribution in [0.1, 0.15) is 16.2 Å². The van der Waals surface area contributed by atoms with Crippen LogP contribution in [0, 0.1) is 12.7 Å². The van der Waals surface area contributed by atoms with Crippen molar-refractivity contribution in [3.8, 4) is 0 Å². The van der Waals surface area contributed by atoms with Crippen molar-refractivity contribution >= 4 is 37.9 Å². The van der Waals surface area contributed by atoms with Crippen LogP contribution in [0.4, 0.5) is 10.4 Å². The molecule has 0 radical (unpaired) electrons. The molecule has 0 bridgehead atoms. The Morgan fingerprint density at radius 3 is 2.67 bits per heavy atom. The molecule has 11 heteroatoms. The molecule has 0 spiro atoms. The lowest BCUT2D eigenvalue weighted by molar-refractivity contribution is 0.0691. The van der Waals surface area contributed by atoms with Crippen molar-refractivity contribution in [2.75, 3.05) is 4.72 Å². The molecule has 0 aliphatic carbocycles. The average Bonchev–Trinajstić information content (AvgIpc) is 2.76. The first-order valence-electron chi connectivity index (χ1n) is 5.26. The maximum atomic E-state index is 14.0. The molecular formula is C10H7BrFN3O5S. The summed E-state index contributed by atoms with van der Waals surface area (Å²) in [5, 5.41) is 12.2. The van der Waals surface area contributed by atoms with Crippen LogP contribution in [0.5, 0.6) is 0 Å². The van der Waals surface area contributed by atoms with E-state index in [4.69, 9.17) is 5.11 Å². The SMILES string of the molecule is Cc1noc(NS(=O)(=O)c2cc(Br)cc(C(=O)O)c2F)n1. The van der Waals surface area contributed by atoms with Crippen LogP contribution >= 0.6 is 15.9 Å². The minimum Gasteiger partial charge on any atom is -0.478 e. The van der Waals surface area contributed by atoms with Crippen LogP contribution in [0.3, 0.4) is 0 Å². The van der Waals surface area contributed by atoms with Gasteiger partial charge in [0.1, 0.15) is 4.90 Å². The summed E-state index contributed by atoms with van der Waals surface area (Å²) in [4.78, 5) is 13.7. The smallest absolute Gasteiger partial charge is 0.338 e. The van der Waals surface area contributed by atoms with Crippen molar-refractivity contribution in [3.63, 3.8) is 0 Å². The largest absolute Gasteiger partial charge is 0.478 e. The number of hydrogen-bond donors (Lipinski definition) is 2. The maximum absolute atomic E-state index is 14.0. The molecule has 21 heavy (non-hydrogen) atoms. The molecule has 8 nitrogen and oxygen atoms in total. The number of hydrogen-bond acceptors (Lipinski definition) is 6. The zero-order valence-corrected chi connectivity index (χ0v) is 12.7. The Balaban J connectivity index is 2.52. The molecule has 112 valence electrons. The third-order valence-corrected chi connectivity index (χ3v) is 4.05. The summed E-state index contributed by atoms with van der Waals surface area (Å²) >= 11 is 2.92. The van der Waals surface area contributed by atoms with Gasteiger partial charge in [0.2, 0.25) is 0 Å². The fourth-order valence-corrected chi connectivity index (χ4v) is 3.08. The zero-order chi connectivity index (χ0) is 15.8. The molecule has 1 aromatic carbocycles. The average molecular weight is 380 g/mol. The van der Waals surface area contributed by atoms with Gasteiger partial charge in [-0.1, -0.05) is 21.1 Å². The third-order valence-electron chi connectivity index (χ3n) is 2.27. The molecule has 0 saturated heterocycles. The number of anilines is 1. The molecule has 0 fully saturated rings. The molecule has 1 aromatic heterocycles. The second-order valence-corrected chi connectivity index (χ2v) is 6.39. The summed E-state index contributed by atoms with van der Waals surface area (Å²) in [7, 11) is -4.42. The summed E-state index contributed by atoms with van der Waals surface area (Å²) < 4.78 is 44.7. The van der Waals surface area contributed by atoms with E-state index in [1.54, 1.807) is 0 Å². The van der Waals surface area contributed by atoms with Crippen LogP contribution in [-0.4, -0.2) is 29.6 Å². The summed E-state index contributed by atoms with van der Waals surface area (Å²) in [6.45, 7) is 1.46. The number of nitrogens with zero attached hydrogens (tertiary/aromatic N) is 2. The Morgan fingerprint density at radius 1 is 1.48 bits per heavy atom. The first-order valence-corrected chi connectivity index (χ1v) is 7.54. The lowest BCUT2D eigenvalue weighted by Crippen LogP contribution is -2.17. The van der Waals surface area contributed by atoms with Gasteiger partial charge in [-0.2, -0.15) is 4.98 Å². The number of carboxylic acid groups (broad SMARTS) is 1. The fourth-order valence-electron chi connectivity index (χ4n) is 1.42. The van der Waals surface area contributed by atoms with Crippen molar-refractivity contribution in [1.29, 1.82) is 0 Å². The quantitative estimate of drug-likeness (QED) is 0.829. The minimum absolute atomic E-state index is 0.0865. The Morgan fingerprint density at radius 2 is 2.14 bits per heavy atom. The highest BCUT2D eigenvalue weighted by Gasteiger charge is 2.26. The molecule has 0 saturated carbocycles. The van der Waals surface area contributed by atoms with Gasteiger partial charge < -0.3 is 9.63 Å². The lowest BCUT2D eigenvalue weighted by Gasteiger charge is -2.08. The van der Waals surface area contributed by atoms with Crippen molar-refractivity contribution < 1.29 is 27.2 Å². The molecule has 0 aliphatic heterocycles. The molecule has 1 heterocycles. The molecule has 2 N–H and O–H groups in total. The standard InChI is InChI=1S/C10H7BrFN3O5S/c1-4-13-10(20-14-4)15-21(18,19)7-3-5(11)2-6(8(7)12)9(16)17/h2-3H,1H3,(H,16,17)(H,13,14,15). The lowest BCUT2D eigenvalue weighted by atomic mass is 10.2. The van der Waals surface area contributed by atoms with Crippen LogP contribution < -0.4 is 4.72 Å². The molecule has 0 atom stereocenters. The van der Waals surface area contributed by atoms with Crippen molar-refractivity contribution in [1.82, 2.24) is 10.1 Å². The number of halogens is 2. The van der Waals surface area contributed by atoms with Crippen molar-refractivity contribution in [2.45, 2.75) is 11.8 Å².